The van der Waals surface area contributed by atoms with Crippen LogP contribution in [0.25, 0.3) is 0 Å². The number of nitrogens with one attached hydrogen (secondary N) is 2. The Labute approximate surface area is 184 Å². The molecule has 2 N–H and O–H groups in total. The molecule has 5 heteroatoms. The lowest BCUT2D eigenvalue weighted by Crippen LogP contribution is -3.12. The van der Waals surface area contributed by atoms with Crippen LogP contribution >= 0.6 is 0 Å². The molecule has 0 aliphatic carbocycles. The first-order valence-corrected chi connectivity index (χ1v) is 10.9. The van der Waals surface area contributed by atoms with Crippen LogP contribution in [0.5, 0.6) is 5.75 Å². The topological polar surface area (TPSA) is 46.0 Å². The second kappa shape index (κ2) is 10.1. The van der Waals surface area contributed by atoms with Gasteiger partial charge in [-0.25, -0.2) is 0 Å². The summed E-state index contributed by atoms with van der Waals surface area (Å²) in [6.07, 6.45) is 0.772. The number of hydrogen-bond donors (Lipinski definition) is 2. The largest absolute Gasteiger partial charge is 0.483 e. The highest BCUT2D eigenvalue weighted by atomic mass is 16.5. The van der Waals surface area contributed by atoms with Crippen molar-refractivity contribution in [1.82, 2.24) is 0 Å². The van der Waals surface area contributed by atoms with E-state index in [1.54, 1.807) is 4.90 Å². The fraction of sp³-hybridized carbons (Fsp3) is 0.269. The SMILES string of the molecule is C[NH+]1CCN(c2ccc(NC(=O)COc3ccccc3Cc3ccccc3)cc2)CC1. The number of ether oxygens (including phenoxy) is 1. The third-order valence-electron chi connectivity index (χ3n) is 5.70. The van der Waals surface area contributed by atoms with Gasteiger partial charge in [0.1, 0.15) is 5.75 Å². The Morgan fingerprint density at radius 1 is 0.935 bits per heavy atom. The lowest BCUT2D eigenvalue weighted by molar-refractivity contribution is -0.880. The molecule has 160 valence electrons. The minimum absolute atomic E-state index is 0.0191. The van der Waals surface area contributed by atoms with Gasteiger partial charge in [0.25, 0.3) is 5.91 Å². The van der Waals surface area contributed by atoms with Crippen LogP contribution in [0.1, 0.15) is 11.1 Å². The summed E-state index contributed by atoms with van der Waals surface area (Å²) in [6.45, 7) is 4.42. The van der Waals surface area contributed by atoms with Gasteiger partial charge in [-0.2, -0.15) is 0 Å². The van der Waals surface area contributed by atoms with E-state index in [-0.39, 0.29) is 12.5 Å². The number of piperazine rings is 1. The van der Waals surface area contributed by atoms with E-state index >= 15 is 0 Å². The second-order valence-corrected chi connectivity index (χ2v) is 8.10. The minimum Gasteiger partial charge on any atom is -0.483 e. The zero-order chi connectivity index (χ0) is 21.5. The van der Waals surface area contributed by atoms with Crippen LogP contribution < -0.4 is 19.9 Å². The van der Waals surface area contributed by atoms with Gasteiger partial charge in [-0.15, -0.1) is 0 Å². The van der Waals surface area contributed by atoms with Crippen LogP contribution in [0, 0.1) is 0 Å². The fourth-order valence-corrected chi connectivity index (χ4v) is 3.85. The van der Waals surface area contributed by atoms with Crippen LogP contribution in [-0.2, 0) is 11.2 Å². The highest BCUT2D eigenvalue weighted by molar-refractivity contribution is 5.92. The van der Waals surface area contributed by atoms with Crippen molar-refractivity contribution >= 4 is 17.3 Å². The standard InChI is InChI=1S/C26H29N3O2/c1-28-15-17-29(18-16-28)24-13-11-23(12-14-24)27-26(30)20-31-25-10-6-5-9-22(25)19-21-7-3-2-4-8-21/h2-14H,15-20H2,1H3,(H,27,30)/p+1. The molecule has 0 aromatic heterocycles. The number of rotatable bonds is 7. The number of quaternary nitrogens is 1. The van der Waals surface area contributed by atoms with Crippen molar-refractivity contribution in [2.75, 3.05) is 50.1 Å². The van der Waals surface area contributed by atoms with Gasteiger partial charge in [0.05, 0.1) is 33.2 Å². The quantitative estimate of drug-likeness (QED) is 0.623. The molecule has 1 fully saturated rings. The predicted molar refractivity (Wildman–Crippen MR) is 125 cm³/mol. The van der Waals surface area contributed by atoms with Gasteiger partial charge in [-0.1, -0.05) is 48.5 Å². The highest BCUT2D eigenvalue weighted by Gasteiger charge is 2.16. The number of benzene rings is 3. The summed E-state index contributed by atoms with van der Waals surface area (Å²) in [4.78, 5) is 16.4. The van der Waals surface area contributed by atoms with Crippen molar-refractivity contribution in [3.8, 4) is 5.75 Å². The van der Waals surface area contributed by atoms with Crippen molar-refractivity contribution in [2.45, 2.75) is 6.42 Å². The van der Waals surface area contributed by atoms with Crippen molar-refractivity contribution in [1.29, 1.82) is 0 Å². The van der Waals surface area contributed by atoms with Crippen molar-refractivity contribution < 1.29 is 14.4 Å². The van der Waals surface area contributed by atoms with Crippen LogP contribution in [0.15, 0.2) is 78.9 Å². The summed E-state index contributed by atoms with van der Waals surface area (Å²) in [5, 5.41) is 2.93. The first kappa shape index (κ1) is 20.9. The van der Waals surface area contributed by atoms with Gasteiger partial charge in [-0.3, -0.25) is 4.79 Å². The average Bonchev–Trinajstić information content (AvgIpc) is 2.80. The molecule has 1 saturated heterocycles. The number of carbonyl (C=O) groups is 1. The Morgan fingerprint density at radius 3 is 2.35 bits per heavy atom. The van der Waals surface area contributed by atoms with Crippen molar-refractivity contribution in [2.24, 2.45) is 0 Å². The lowest BCUT2D eigenvalue weighted by atomic mass is 10.0. The molecule has 1 heterocycles. The Balaban J connectivity index is 1.31. The molecule has 0 spiro atoms. The third-order valence-corrected chi connectivity index (χ3v) is 5.70. The van der Waals surface area contributed by atoms with E-state index in [4.69, 9.17) is 4.74 Å². The van der Waals surface area contributed by atoms with Crippen LogP contribution in [-0.4, -0.2) is 45.7 Å². The lowest BCUT2D eigenvalue weighted by Gasteiger charge is -2.31. The van der Waals surface area contributed by atoms with Crippen LogP contribution in [0.2, 0.25) is 0 Å². The van der Waals surface area contributed by atoms with E-state index in [1.165, 1.54) is 11.3 Å². The maximum atomic E-state index is 12.4. The molecule has 0 radical (unpaired) electrons. The number of nitrogens with zero attached hydrogens (tertiary/aromatic N) is 1. The second-order valence-electron chi connectivity index (χ2n) is 8.10. The van der Waals surface area contributed by atoms with Gasteiger partial charge in [-0.05, 0) is 41.5 Å². The summed E-state index contributed by atoms with van der Waals surface area (Å²) in [7, 11) is 2.23. The maximum absolute atomic E-state index is 12.4. The Kier molecular flexibility index (Phi) is 6.85. The minimum atomic E-state index is -0.162. The fourth-order valence-electron chi connectivity index (χ4n) is 3.85. The van der Waals surface area contributed by atoms with Gasteiger partial charge in [0, 0.05) is 17.8 Å². The van der Waals surface area contributed by atoms with Gasteiger partial charge in [0.2, 0.25) is 0 Å². The number of para-hydroxylation sites is 1. The van der Waals surface area contributed by atoms with E-state index in [2.05, 4.69) is 41.5 Å². The summed E-state index contributed by atoms with van der Waals surface area (Å²) in [5.41, 5.74) is 4.27. The van der Waals surface area contributed by atoms with Crippen LogP contribution in [0.4, 0.5) is 11.4 Å². The van der Waals surface area contributed by atoms with Crippen LogP contribution in [0.3, 0.4) is 0 Å². The molecule has 31 heavy (non-hydrogen) atoms. The molecule has 0 unspecified atom stereocenters. The molecule has 4 rings (SSSR count). The van der Waals surface area contributed by atoms with Crippen molar-refractivity contribution in [3.05, 3.63) is 90.0 Å². The summed E-state index contributed by atoms with van der Waals surface area (Å²) >= 11 is 0. The molecular weight excluding hydrogens is 386 g/mol. The zero-order valence-electron chi connectivity index (χ0n) is 18.0. The molecule has 3 aromatic rings. The van der Waals surface area contributed by atoms with E-state index in [0.29, 0.717) is 0 Å². The molecule has 0 bridgehead atoms. The summed E-state index contributed by atoms with van der Waals surface area (Å²) < 4.78 is 5.85. The molecule has 5 nitrogen and oxygen atoms in total. The Bertz CT molecular complexity index is 981. The first-order chi connectivity index (χ1) is 15.2. The van der Waals surface area contributed by atoms with E-state index in [1.807, 2.05) is 54.6 Å². The van der Waals surface area contributed by atoms with Crippen molar-refractivity contribution in [3.63, 3.8) is 0 Å². The monoisotopic (exact) mass is 416 g/mol. The maximum Gasteiger partial charge on any atom is 0.262 e. The average molecular weight is 417 g/mol. The van der Waals surface area contributed by atoms with Gasteiger partial charge in [0.15, 0.2) is 6.61 Å². The van der Waals surface area contributed by atoms with E-state index in [0.717, 1.165) is 49.6 Å². The summed E-state index contributed by atoms with van der Waals surface area (Å²) in [5.74, 6) is 0.583. The van der Waals surface area contributed by atoms with Gasteiger partial charge < -0.3 is 19.9 Å². The van der Waals surface area contributed by atoms with E-state index < -0.39 is 0 Å². The normalized spacial score (nSPS) is 14.3. The molecule has 1 amide bonds. The first-order valence-electron chi connectivity index (χ1n) is 10.9. The number of hydrogen-bond acceptors (Lipinski definition) is 3. The number of carbonyl (C=O) groups excluding carboxylic acids is 1. The Hall–Kier alpha value is -3.31. The Morgan fingerprint density at radius 2 is 1.61 bits per heavy atom. The zero-order valence-corrected chi connectivity index (χ0v) is 18.0. The molecule has 3 aromatic carbocycles. The molecule has 0 saturated carbocycles. The molecular formula is C26H30N3O2+. The molecule has 1 aliphatic heterocycles. The molecule has 1 aliphatic rings. The van der Waals surface area contributed by atoms with E-state index in [9.17, 15) is 4.79 Å². The summed E-state index contributed by atoms with van der Waals surface area (Å²) in [6, 6.07) is 26.2. The highest BCUT2D eigenvalue weighted by Crippen LogP contribution is 2.22. The number of anilines is 2. The number of amides is 1. The smallest absolute Gasteiger partial charge is 0.262 e. The third kappa shape index (κ3) is 5.86. The predicted octanol–water partition coefficient (Wildman–Crippen LogP) is 2.63. The van der Waals surface area contributed by atoms with Gasteiger partial charge >= 0.3 is 0 Å². The number of likely N-dealkylation sites (N-methyl/N-ethyl adjacent to an activating group) is 1. The molecule has 0 atom stereocenters.